The van der Waals surface area contributed by atoms with Gasteiger partial charge in [0, 0.05) is 17.0 Å². The molecular formula is C13H13ClN2O2. The summed E-state index contributed by atoms with van der Waals surface area (Å²) in [6.07, 6.45) is 3.60. The van der Waals surface area contributed by atoms with Gasteiger partial charge in [0.05, 0.1) is 24.2 Å². The topological polar surface area (TPSA) is 44.1 Å². The van der Waals surface area contributed by atoms with Gasteiger partial charge in [-0.2, -0.15) is 5.10 Å². The van der Waals surface area contributed by atoms with Crippen molar-refractivity contribution in [1.29, 1.82) is 0 Å². The van der Waals surface area contributed by atoms with Crippen LogP contribution in [0.25, 0.3) is 10.8 Å². The second-order valence-corrected chi connectivity index (χ2v) is 4.93. The first-order valence-corrected chi connectivity index (χ1v) is 6.38. The third kappa shape index (κ3) is 2.02. The number of rotatable bonds is 1. The average molecular weight is 265 g/mol. The fraction of sp³-hybridized carbons (Fsp3) is 0.385. The minimum Gasteiger partial charge on any atom is -0.379 e. The fourth-order valence-corrected chi connectivity index (χ4v) is 2.48. The number of nitrogens with zero attached hydrogens (tertiary/aromatic N) is 2. The van der Waals surface area contributed by atoms with Crippen molar-refractivity contribution in [2.75, 3.05) is 13.2 Å². The van der Waals surface area contributed by atoms with Gasteiger partial charge in [0.1, 0.15) is 0 Å². The van der Waals surface area contributed by atoms with Gasteiger partial charge in [0.15, 0.2) is 0 Å². The lowest BCUT2D eigenvalue weighted by Gasteiger charge is -2.23. The highest BCUT2D eigenvalue weighted by atomic mass is 35.5. The van der Waals surface area contributed by atoms with Gasteiger partial charge in [-0.3, -0.25) is 4.79 Å². The second kappa shape index (κ2) is 4.71. The van der Waals surface area contributed by atoms with Gasteiger partial charge in [0.2, 0.25) is 0 Å². The lowest BCUT2D eigenvalue weighted by atomic mass is 10.1. The molecule has 1 aromatic heterocycles. The minimum atomic E-state index is -0.0921. The lowest BCUT2D eigenvalue weighted by molar-refractivity contribution is 0.0533. The maximum atomic E-state index is 12.4. The molecular weight excluding hydrogens is 252 g/mol. The highest BCUT2D eigenvalue weighted by molar-refractivity contribution is 6.31. The molecule has 0 saturated carbocycles. The Morgan fingerprint density at radius 3 is 3.11 bits per heavy atom. The molecule has 18 heavy (non-hydrogen) atoms. The molecule has 1 fully saturated rings. The van der Waals surface area contributed by atoms with Crippen molar-refractivity contribution in [3.63, 3.8) is 0 Å². The van der Waals surface area contributed by atoms with E-state index in [-0.39, 0.29) is 11.6 Å². The Hall–Kier alpha value is -1.39. The van der Waals surface area contributed by atoms with Gasteiger partial charge >= 0.3 is 0 Å². The first-order chi connectivity index (χ1) is 8.75. The molecule has 2 aromatic rings. The number of hydrogen-bond acceptors (Lipinski definition) is 3. The minimum absolute atomic E-state index is 0.0367. The molecule has 94 valence electrons. The third-order valence-corrected chi connectivity index (χ3v) is 3.49. The van der Waals surface area contributed by atoms with Gasteiger partial charge < -0.3 is 4.74 Å². The monoisotopic (exact) mass is 264 g/mol. The van der Waals surface area contributed by atoms with Crippen LogP contribution in [0.4, 0.5) is 0 Å². The van der Waals surface area contributed by atoms with Crippen molar-refractivity contribution in [2.24, 2.45) is 0 Å². The van der Waals surface area contributed by atoms with Crippen LogP contribution in [0.1, 0.15) is 18.9 Å². The summed E-state index contributed by atoms with van der Waals surface area (Å²) < 4.78 is 6.93. The van der Waals surface area contributed by atoms with Crippen LogP contribution in [-0.4, -0.2) is 23.0 Å². The number of benzene rings is 1. The Kier molecular flexibility index (Phi) is 3.06. The molecule has 1 aliphatic heterocycles. The molecule has 1 unspecified atom stereocenters. The van der Waals surface area contributed by atoms with E-state index < -0.39 is 0 Å². The van der Waals surface area contributed by atoms with Gasteiger partial charge in [-0.15, -0.1) is 0 Å². The number of ether oxygens (including phenoxy) is 1. The summed E-state index contributed by atoms with van der Waals surface area (Å²) in [5.41, 5.74) is -0.0921. The highest BCUT2D eigenvalue weighted by Gasteiger charge is 2.18. The zero-order valence-electron chi connectivity index (χ0n) is 9.80. The molecule has 4 nitrogen and oxygen atoms in total. The quantitative estimate of drug-likeness (QED) is 0.794. The number of fused-ring (bicyclic) bond motifs is 1. The highest BCUT2D eigenvalue weighted by Crippen LogP contribution is 2.19. The number of halogens is 1. The molecule has 0 aliphatic carbocycles. The summed E-state index contributed by atoms with van der Waals surface area (Å²) in [6, 6.07) is 5.31. The molecule has 0 N–H and O–H groups in total. The maximum absolute atomic E-state index is 12.4. The molecule has 0 spiro atoms. The predicted octanol–water partition coefficient (Wildman–Crippen LogP) is 2.40. The first kappa shape index (κ1) is 11.7. The van der Waals surface area contributed by atoms with Gasteiger partial charge in [-0.05, 0) is 25.0 Å². The van der Waals surface area contributed by atoms with Crippen molar-refractivity contribution in [3.05, 3.63) is 39.8 Å². The molecule has 1 aromatic carbocycles. The summed E-state index contributed by atoms with van der Waals surface area (Å²) in [5, 5.41) is 6.24. The average Bonchev–Trinajstić information content (AvgIpc) is 2.41. The van der Waals surface area contributed by atoms with E-state index in [0.717, 1.165) is 24.8 Å². The van der Waals surface area contributed by atoms with Crippen LogP contribution in [0.3, 0.4) is 0 Å². The van der Waals surface area contributed by atoms with Gasteiger partial charge in [-0.1, -0.05) is 17.7 Å². The van der Waals surface area contributed by atoms with E-state index in [9.17, 15) is 4.79 Å². The van der Waals surface area contributed by atoms with Crippen molar-refractivity contribution in [2.45, 2.75) is 18.9 Å². The molecule has 2 heterocycles. The fourth-order valence-electron chi connectivity index (χ4n) is 2.30. The normalized spacial score (nSPS) is 20.2. The zero-order valence-corrected chi connectivity index (χ0v) is 10.6. The first-order valence-electron chi connectivity index (χ1n) is 6.00. The van der Waals surface area contributed by atoms with Crippen LogP contribution in [-0.2, 0) is 4.74 Å². The summed E-state index contributed by atoms with van der Waals surface area (Å²) in [6.45, 7) is 1.32. The molecule has 0 amide bonds. The molecule has 0 radical (unpaired) electrons. The van der Waals surface area contributed by atoms with E-state index in [1.807, 2.05) is 6.07 Å². The molecule has 1 atom stereocenters. The van der Waals surface area contributed by atoms with Crippen LogP contribution in [0.5, 0.6) is 0 Å². The second-order valence-electron chi connectivity index (χ2n) is 4.50. The number of hydrogen-bond donors (Lipinski definition) is 0. The Bertz CT molecular complexity index is 632. The standard InChI is InChI=1S/C13H13ClN2O2/c14-10-4-3-9-7-15-16(13(17)12(9)6-10)11-2-1-5-18-8-11/h3-4,6-7,11H,1-2,5,8H2. The Morgan fingerprint density at radius 2 is 2.33 bits per heavy atom. The Morgan fingerprint density at radius 1 is 1.44 bits per heavy atom. The maximum Gasteiger partial charge on any atom is 0.275 e. The van der Waals surface area contributed by atoms with E-state index in [2.05, 4.69) is 5.10 Å². The predicted molar refractivity (Wildman–Crippen MR) is 70.1 cm³/mol. The summed E-state index contributed by atoms with van der Waals surface area (Å²) in [4.78, 5) is 12.4. The van der Waals surface area contributed by atoms with E-state index in [0.29, 0.717) is 17.0 Å². The van der Waals surface area contributed by atoms with Gasteiger partial charge in [-0.25, -0.2) is 4.68 Å². The van der Waals surface area contributed by atoms with E-state index >= 15 is 0 Å². The lowest BCUT2D eigenvalue weighted by Crippen LogP contribution is -2.32. The molecule has 1 aliphatic rings. The van der Waals surface area contributed by atoms with Crippen molar-refractivity contribution < 1.29 is 4.74 Å². The largest absolute Gasteiger partial charge is 0.379 e. The summed E-state index contributed by atoms with van der Waals surface area (Å²) >= 11 is 5.94. The van der Waals surface area contributed by atoms with Crippen LogP contribution in [0.2, 0.25) is 5.02 Å². The Labute approximate surface area is 109 Å². The molecule has 5 heteroatoms. The van der Waals surface area contributed by atoms with E-state index in [1.54, 1.807) is 18.3 Å². The van der Waals surface area contributed by atoms with Crippen LogP contribution >= 0.6 is 11.6 Å². The van der Waals surface area contributed by atoms with Crippen LogP contribution in [0.15, 0.2) is 29.2 Å². The smallest absolute Gasteiger partial charge is 0.275 e. The molecule has 1 saturated heterocycles. The molecule has 3 rings (SSSR count). The van der Waals surface area contributed by atoms with Crippen molar-refractivity contribution in [1.82, 2.24) is 9.78 Å². The molecule has 0 bridgehead atoms. The van der Waals surface area contributed by atoms with Crippen molar-refractivity contribution >= 4 is 22.4 Å². The zero-order chi connectivity index (χ0) is 12.5. The van der Waals surface area contributed by atoms with E-state index in [4.69, 9.17) is 16.3 Å². The Balaban J connectivity index is 2.13. The third-order valence-electron chi connectivity index (χ3n) is 3.26. The summed E-state index contributed by atoms with van der Waals surface area (Å²) in [5.74, 6) is 0. The number of aromatic nitrogens is 2. The van der Waals surface area contributed by atoms with Crippen LogP contribution < -0.4 is 5.56 Å². The van der Waals surface area contributed by atoms with E-state index in [1.165, 1.54) is 4.68 Å². The SMILES string of the molecule is O=c1c2cc(Cl)ccc2cnn1C1CCCOC1. The van der Waals surface area contributed by atoms with Crippen LogP contribution in [0, 0.1) is 0 Å². The summed E-state index contributed by atoms with van der Waals surface area (Å²) in [7, 11) is 0. The van der Waals surface area contributed by atoms with Gasteiger partial charge in [0.25, 0.3) is 5.56 Å². The van der Waals surface area contributed by atoms with Crippen molar-refractivity contribution in [3.8, 4) is 0 Å².